The maximum Gasteiger partial charge on any atom is 0.254 e. The van der Waals surface area contributed by atoms with Gasteiger partial charge in [0.15, 0.2) is 0 Å². The number of nitrogens with zero attached hydrogens (tertiary/aromatic N) is 2. The lowest BCUT2D eigenvalue weighted by Crippen LogP contribution is -2.57. The monoisotopic (exact) mass is 401 g/mol. The lowest BCUT2D eigenvalue weighted by Gasteiger charge is -2.42. The first-order valence-electron chi connectivity index (χ1n) is 10.0. The number of benzene rings is 2. The van der Waals surface area contributed by atoms with Gasteiger partial charge in [0, 0.05) is 63.3 Å². The molecule has 2 aromatic rings. The fourth-order valence-electron chi connectivity index (χ4n) is 4.00. The van der Waals surface area contributed by atoms with Crippen molar-refractivity contribution in [3.05, 3.63) is 48.0 Å². The van der Waals surface area contributed by atoms with Crippen molar-refractivity contribution >= 4 is 29.3 Å². The number of piperazine rings is 1. The molecule has 0 aromatic heterocycles. The summed E-state index contributed by atoms with van der Waals surface area (Å²) in [5, 5.41) is 2.12. The van der Waals surface area contributed by atoms with E-state index < -0.39 is 0 Å². The van der Waals surface area contributed by atoms with Crippen LogP contribution in [0, 0.1) is 0 Å². The number of rotatable bonds is 8. The molecular formula is C22H31N3O2S. The smallest absolute Gasteiger partial charge is 0.254 e. The second kappa shape index (κ2) is 10.3. The molecule has 0 aliphatic carbocycles. The molecule has 152 valence electrons. The number of amides is 1. The first-order valence-corrected chi connectivity index (χ1v) is 10.6. The molecular weight excluding hydrogens is 370 g/mol. The number of nitrogens with two attached hydrogens (primary N) is 1. The van der Waals surface area contributed by atoms with E-state index in [2.05, 4.69) is 29.7 Å². The van der Waals surface area contributed by atoms with Crippen molar-refractivity contribution in [3.8, 4) is 0 Å². The van der Waals surface area contributed by atoms with E-state index in [-0.39, 0.29) is 11.9 Å². The first kappa shape index (κ1) is 21.1. The minimum atomic E-state index is 0.0496. The zero-order valence-corrected chi connectivity index (χ0v) is 17.5. The van der Waals surface area contributed by atoms with Crippen molar-refractivity contribution in [2.24, 2.45) is 5.73 Å². The molecule has 1 heterocycles. The first-order chi connectivity index (χ1) is 13.6. The zero-order chi connectivity index (χ0) is 19.9. The minimum Gasteiger partial charge on any atom is -0.385 e. The summed E-state index contributed by atoms with van der Waals surface area (Å²) in [6, 6.07) is 14.4. The second-order valence-corrected chi connectivity index (χ2v) is 7.87. The van der Waals surface area contributed by atoms with E-state index >= 15 is 0 Å². The number of fused-ring (bicyclic) bond motifs is 1. The van der Waals surface area contributed by atoms with Gasteiger partial charge in [-0.1, -0.05) is 36.4 Å². The lowest BCUT2D eigenvalue weighted by molar-refractivity contribution is 0.0432. The third-order valence-corrected chi connectivity index (χ3v) is 5.97. The van der Waals surface area contributed by atoms with Crippen LogP contribution in [-0.4, -0.2) is 73.4 Å². The van der Waals surface area contributed by atoms with Crippen LogP contribution in [0.15, 0.2) is 42.5 Å². The molecule has 0 unspecified atom stereocenters. The number of carbonyl (C=O) groups excluding carboxylic acids is 1. The Labute approximate surface area is 173 Å². The van der Waals surface area contributed by atoms with Gasteiger partial charge in [-0.2, -0.15) is 12.6 Å². The molecule has 1 fully saturated rings. The number of methoxy groups -OCH3 is 1. The molecule has 0 spiro atoms. The SMILES string of the molecule is COCCC[C@H]1CN(C(=O)c2cccc3ccccc23)CCN1C[C@@H](N)CS. The lowest BCUT2D eigenvalue weighted by atomic mass is 10.0. The molecule has 0 saturated carbocycles. The fourth-order valence-corrected chi connectivity index (χ4v) is 4.11. The standard InChI is InChI=1S/C22H31N3O2S/c1-27-13-5-8-19-15-25(12-11-24(19)14-18(23)16-28)22(26)21-10-4-7-17-6-2-3-9-20(17)21/h2-4,6-7,9-10,18-19,28H,5,8,11-16,23H2,1H3/t18-,19+/m1/s1. The van der Waals surface area contributed by atoms with Gasteiger partial charge in [-0.25, -0.2) is 0 Å². The summed E-state index contributed by atoms with van der Waals surface area (Å²) in [5.41, 5.74) is 6.93. The molecule has 1 saturated heterocycles. The van der Waals surface area contributed by atoms with Gasteiger partial charge in [0.2, 0.25) is 0 Å². The van der Waals surface area contributed by atoms with E-state index in [0.29, 0.717) is 11.8 Å². The van der Waals surface area contributed by atoms with E-state index in [0.717, 1.165) is 62.0 Å². The second-order valence-electron chi connectivity index (χ2n) is 7.50. The average molecular weight is 402 g/mol. The van der Waals surface area contributed by atoms with Crippen molar-refractivity contribution in [2.75, 3.05) is 45.6 Å². The van der Waals surface area contributed by atoms with Crippen LogP contribution in [0.3, 0.4) is 0 Å². The molecule has 2 aromatic carbocycles. The van der Waals surface area contributed by atoms with Gasteiger partial charge >= 0.3 is 0 Å². The van der Waals surface area contributed by atoms with Crippen LogP contribution in [0.2, 0.25) is 0 Å². The van der Waals surface area contributed by atoms with Gasteiger partial charge < -0.3 is 15.4 Å². The summed E-state index contributed by atoms with van der Waals surface area (Å²) in [6.45, 7) is 3.85. The Balaban J connectivity index is 1.75. The molecule has 0 bridgehead atoms. The normalized spacial score (nSPS) is 19.1. The molecule has 1 aliphatic heterocycles. The van der Waals surface area contributed by atoms with Crippen LogP contribution >= 0.6 is 12.6 Å². The Morgan fingerprint density at radius 2 is 2.04 bits per heavy atom. The maximum atomic E-state index is 13.3. The molecule has 1 aliphatic rings. The number of hydrogen-bond donors (Lipinski definition) is 2. The number of thiol groups is 1. The van der Waals surface area contributed by atoms with Crippen molar-refractivity contribution in [1.82, 2.24) is 9.80 Å². The summed E-state index contributed by atoms with van der Waals surface area (Å²) in [7, 11) is 1.73. The highest BCUT2D eigenvalue weighted by atomic mass is 32.1. The summed E-state index contributed by atoms with van der Waals surface area (Å²) in [6.07, 6.45) is 1.97. The quantitative estimate of drug-likeness (QED) is 0.527. The predicted molar refractivity (Wildman–Crippen MR) is 118 cm³/mol. The van der Waals surface area contributed by atoms with Crippen LogP contribution in [-0.2, 0) is 4.74 Å². The molecule has 3 rings (SSSR count). The van der Waals surface area contributed by atoms with E-state index in [1.165, 1.54) is 0 Å². The Hall–Kier alpha value is -1.60. The van der Waals surface area contributed by atoms with E-state index in [9.17, 15) is 4.79 Å². The van der Waals surface area contributed by atoms with Gasteiger partial charge in [0.1, 0.15) is 0 Å². The van der Waals surface area contributed by atoms with Crippen LogP contribution < -0.4 is 5.73 Å². The largest absolute Gasteiger partial charge is 0.385 e. The Bertz CT molecular complexity index is 780. The number of carbonyl (C=O) groups is 1. The predicted octanol–water partition coefficient (Wildman–Crippen LogP) is 2.65. The fraction of sp³-hybridized carbons (Fsp3) is 0.500. The van der Waals surface area contributed by atoms with Crippen molar-refractivity contribution in [1.29, 1.82) is 0 Å². The Kier molecular flexibility index (Phi) is 7.73. The Morgan fingerprint density at radius 1 is 1.25 bits per heavy atom. The molecule has 5 nitrogen and oxygen atoms in total. The van der Waals surface area contributed by atoms with Gasteiger partial charge in [-0.3, -0.25) is 9.69 Å². The number of ether oxygens (including phenoxy) is 1. The summed E-state index contributed by atoms with van der Waals surface area (Å²) in [5.74, 6) is 0.784. The maximum absolute atomic E-state index is 13.3. The molecule has 1 amide bonds. The van der Waals surface area contributed by atoms with Crippen molar-refractivity contribution in [2.45, 2.75) is 24.9 Å². The average Bonchev–Trinajstić information content (AvgIpc) is 2.74. The highest BCUT2D eigenvalue weighted by Crippen LogP contribution is 2.23. The van der Waals surface area contributed by atoms with Crippen LogP contribution in [0.25, 0.3) is 10.8 Å². The van der Waals surface area contributed by atoms with Gasteiger partial charge in [-0.15, -0.1) is 0 Å². The van der Waals surface area contributed by atoms with E-state index in [1.807, 2.05) is 35.2 Å². The van der Waals surface area contributed by atoms with E-state index in [1.54, 1.807) is 7.11 Å². The van der Waals surface area contributed by atoms with Gasteiger partial charge in [0.25, 0.3) is 5.91 Å². The van der Waals surface area contributed by atoms with Crippen LogP contribution in [0.4, 0.5) is 0 Å². The van der Waals surface area contributed by atoms with Crippen molar-refractivity contribution in [3.63, 3.8) is 0 Å². The number of hydrogen-bond acceptors (Lipinski definition) is 5. The highest BCUT2D eigenvalue weighted by molar-refractivity contribution is 7.80. The topological polar surface area (TPSA) is 58.8 Å². The van der Waals surface area contributed by atoms with Crippen molar-refractivity contribution < 1.29 is 9.53 Å². The molecule has 2 N–H and O–H groups in total. The highest BCUT2D eigenvalue weighted by Gasteiger charge is 2.30. The molecule has 6 heteroatoms. The summed E-state index contributed by atoms with van der Waals surface area (Å²) < 4.78 is 5.23. The molecule has 2 atom stereocenters. The van der Waals surface area contributed by atoms with Gasteiger partial charge in [-0.05, 0) is 29.7 Å². The summed E-state index contributed by atoms with van der Waals surface area (Å²) in [4.78, 5) is 17.7. The van der Waals surface area contributed by atoms with Gasteiger partial charge in [0.05, 0.1) is 0 Å². The van der Waals surface area contributed by atoms with Crippen LogP contribution in [0.5, 0.6) is 0 Å². The summed E-state index contributed by atoms with van der Waals surface area (Å²) >= 11 is 4.33. The molecule has 0 radical (unpaired) electrons. The Morgan fingerprint density at radius 3 is 2.82 bits per heavy atom. The van der Waals surface area contributed by atoms with Crippen LogP contribution in [0.1, 0.15) is 23.2 Å². The third kappa shape index (κ3) is 5.06. The molecule has 28 heavy (non-hydrogen) atoms. The zero-order valence-electron chi connectivity index (χ0n) is 16.6. The third-order valence-electron chi connectivity index (χ3n) is 5.50. The van der Waals surface area contributed by atoms with E-state index in [4.69, 9.17) is 10.5 Å². The minimum absolute atomic E-state index is 0.0496.